The lowest BCUT2D eigenvalue weighted by atomic mass is 9.54. The molecule has 0 N–H and O–H groups in total. The molecule has 15 saturated carbocycles. The maximum atomic E-state index is 5.75. The van der Waals surface area contributed by atoms with Crippen LogP contribution in [0.2, 0.25) is 0 Å². The van der Waals surface area contributed by atoms with Crippen LogP contribution in [0, 0.1) is 59.2 Å². The molecule has 0 heterocycles. The van der Waals surface area contributed by atoms with Crippen molar-refractivity contribution >= 4 is 0 Å². The van der Waals surface area contributed by atoms with Gasteiger partial charge in [-0.05, 0) is 435 Å². The van der Waals surface area contributed by atoms with Crippen LogP contribution in [0.3, 0.4) is 0 Å². The van der Waals surface area contributed by atoms with Crippen LogP contribution in [0.4, 0.5) is 0 Å². The van der Waals surface area contributed by atoms with E-state index in [0.717, 1.165) is 84.9 Å². The Morgan fingerprint density at radius 3 is 0.919 bits per heavy atom. The van der Waals surface area contributed by atoms with E-state index < -0.39 is 0 Å². The van der Waals surface area contributed by atoms with Crippen LogP contribution in [0.1, 0.15) is 298 Å². The maximum absolute atomic E-state index is 5.75. The number of rotatable bonds is 11. The number of hydrogen-bond acceptors (Lipinski definition) is 12. The van der Waals surface area contributed by atoms with Crippen molar-refractivity contribution in [1.82, 2.24) is 39.2 Å². The summed E-state index contributed by atoms with van der Waals surface area (Å²) in [5, 5.41) is 0. The molecule has 12 bridgehead atoms. The van der Waals surface area contributed by atoms with Crippen molar-refractivity contribution in [3.8, 4) is 0 Å². The summed E-state index contributed by atoms with van der Waals surface area (Å²) in [5.74, 6) is 10.1. The minimum Gasteiger partial charge on any atom is -0.381 e. The Hall–Kier alpha value is -0.480. The molecule has 0 aromatic rings. The average Bonchev–Trinajstić information content (AvgIpc) is 0.767. The van der Waals surface area contributed by atoms with Gasteiger partial charge in [0, 0.05) is 69.2 Å². The van der Waals surface area contributed by atoms with E-state index in [2.05, 4.69) is 236 Å². The van der Waals surface area contributed by atoms with Crippen molar-refractivity contribution < 1.29 is 18.9 Å². The molecule has 15 fully saturated rings. The van der Waals surface area contributed by atoms with Gasteiger partial charge in [0.2, 0.25) is 0 Å². The highest BCUT2D eigenvalue weighted by Crippen LogP contribution is 2.57. The first-order valence-electron chi connectivity index (χ1n) is 41.4. The van der Waals surface area contributed by atoms with Crippen LogP contribution < -0.4 is 0 Å². The summed E-state index contributed by atoms with van der Waals surface area (Å²) in [4.78, 5) is 17.8. The maximum Gasteiger partial charge on any atom is 0.0686 e. The monoisotopic (exact) mass is 1410 g/mol. The van der Waals surface area contributed by atoms with E-state index in [0.29, 0.717) is 47.1 Å². The minimum atomic E-state index is 0.276. The highest BCUT2D eigenvalue weighted by Gasteiger charge is 2.51. The molecule has 99 heavy (non-hydrogen) atoms. The number of methoxy groups -OCH3 is 4. The van der Waals surface area contributed by atoms with Crippen LogP contribution in [0.15, 0.2) is 0 Å². The van der Waals surface area contributed by atoms with Gasteiger partial charge in [0.05, 0.1) is 23.4 Å². The summed E-state index contributed by atoms with van der Waals surface area (Å²) in [6, 6.07) is 2.92. The van der Waals surface area contributed by atoms with Crippen LogP contribution in [0.25, 0.3) is 0 Å². The molecule has 0 saturated heterocycles. The quantitative estimate of drug-likeness (QED) is 0.198. The number of hydrogen-bond donors (Lipinski definition) is 0. The summed E-state index contributed by atoms with van der Waals surface area (Å²) >= 11 is 0. The Bertz CT molecular complexity index is 1810. The number of nitrogens with zero attached hydrogens (tertiary/aromatic N) is 8. The predicted octanol–water partition coefficient (Wildman–Crippen LogP) is 19.8. The van der Waals surface area contributed by atoms with Crippen LogP contribution in [-0.4, -0.2) is 250 Å². The molecule has 15 aliphatic rings. The third kappa shape index (κ3) is 40.3. The lowest BCUT2D eigenvalue weighted by molar-refractivity contribution is -0.145. The minimum absolute atomic E-state index is 0.276. The lowest BCUT2D eigenvalue weighted by Crippen LogP contribution is -2.51. The second-order valence-electron chi connectivity index (χ2n) is 38.5. The Kier molecular flexibility index (Phi) is 49.2. The summed E-state index contributed by atoms with van der Waals surface area (Å²) in [6.45, 7) is 43.0. The fraction of sp³-hybridized carbons (Fsp3) is 1.00. The molecule has 0 spiro atoms. The molecule has 15 aliphatic carbocycles. The van der Waals surface area contributed by atoms with Gasteiger partial charge in [-0.2, -0.15) is 0 Å². The standard InChI is InChI=1S/2C11H18O.C9H21N.2C9H16O.C8H17N.C7H17N.C6H15N.2C5H13N.C4H11N.C3H9N/c1-12-11-5-8-2-9(6-11)4-10(3-8)7-11;1-12-11-9-3-7-2-8(5-9)6-10(11)4-7;1-8(2,3)10(7)9(4,5)6;1-10-9-5-2-8(3-6-9)4-7-9;1-10-9-6-7-2-4-8(9)5-3-7;1-9(2)8-6-4-3-5-7-8;1-6(2)8(5)7(3)4;1-6(2,3)7(4)5;1-5(2)6(3)4;1-4-6(3)5-2;1-4-5(2)3;1-4(2)3/h8-10H,2-7H2,1H3;7-11H,2-6H2,1H3;1-7H3;8H,2-7H2,1H3;7-9H,2-6H2,1H3;8H,3-7H2,1-2H3;6-7H,1-5H3;1-5H3;5H,1-4H3;4-5H2,1-3H3;4H2,1-3H3;1-3H3. The summed E-state index contributed by atoms with van der Waals surface area (Å²) < 4.78 is 22.4. The van der Waals surface area contributed by atoms with Crippen molar-refractivity contribution in [3.63, 3.8) is 0 Å². The van der Waals surface area contributed by atoms with E-state index in [1.165, 1.54) is 167 Å². The SMILES string of the molecule is CC(C)N(C)C.CC(C)N(C)C(C)C.CCN(C)C.CCN(C)CC.CN(C(C)(C)C)C(C)(C)C.CN(C)C.CN(C)C(C)(C)C.CN(C)C1CCCCC1.COC12CC3CC(CC(C3)C1)C2.COC12CCC(CC1)CC2.COC1C2CC3CC(C2)CC1C3.COC1CC2CCC1CC2. The van der Waals surface area contributed by atoms with Crippen LogP contribution in [0.5, 0.6) is 0 Å². The van der Waals surface area contributed by atoms with Gasteiger partial charge in [0.15, 0.2) is 0 Å². The first-order valence-corrected chi connectivity index (χ1v) is 41.4. The zero-order valence-corrected chi connectivity index (χ0v) is 74.2. The predicted molar refractivity (Wildman–Crippen MR) is 438 cm³/mol. The smallest absolute Gasteiger partial charge is 0.0686 e. The molecule has 0 radical (unpaired) electrons. The Balaban J connectivity index is 0.00000107. The lowest BCUT2D eigenvalue weighted by Gasteiger charge is -2.55. The van der Waals surface area contributed by atoms with Crippen LogP contribution in [-0.2, 0) is 18.9 Å². The second-order valence-corrected chi connectivity index (χ2v) is 38.5. The molecule has 596 valence electrons. The molecule has 1 unspecified atom stereocenters. The molecule has 12 nitrogen and oxygen atoms in total. The Labute approximate surface area is 623 Å². The van der Waals surface area contributed by atoms with Crippen molar-refractivity contribution in [2.24, 2.45) is 59.2 Å². The molecule has 0 amide bonds. The van der Waals surface area contributed by atoms with Crippen molar-refractivity contribution in [3.05, 3.63) is 0 Å². The highest BCUT2D eigenvalue weighted by atomic mass is 16.5. The molecule has 1 atom stereocenters. The fourth-order valence-corrected chi connectivity index (χ4v) is 17.1. The zero-order valence-electron chi connectivity index (χ0n) is 74.2. The van der Waals surface area contributed by atoms with Gasteiger partial charge in [0.1, 0.15) is 0 Å². The van der Waals surface area contributed by atoms with E-state index in [4.69, 9.17) is 18.9 Å². The Morgan fingerprint density at radius 2 is 0.737 bits per heavy atom. The van der Waals surface area contributed by atoms with Crippen LogP contribution >= 0.6 is 0 Å². The van der Waals surface area contributed by atoms with Gasteiger partial charge in [-0.3, -0.25) is 4.90 Å². The summed E-state index contributed by atoms with van der Waals surface area (Å²) in [7, 11) is 36.8. The number of ether oxygens (including phenoxy) is 4. The van der Waals surface area contributed by atoms with E-state index in [-0.39, 0.29) is 11.1 Å². The van der Waals surface area contributed by atoms with Gasteiger partial charge >= 0.3 is 0 Å². The van der Waals surface area contributed by atoms with Crippen molar-refractivity contribution in [2.75, 3.05) is 147 Å². The van der Waals surface area contributed by atoms with E-state index in [1.54, 1.807) is 6.42 Å². The van der Waals surface area contributed by atoms with E-state index in [9.17, 15) is 0 Å². The van der Waals surface area contributed by atoms with Crippen molar-refractivity contribution in [2.45, 2.75) is 362 Å². The molecule has 15 rings (SSSR count). The molecular weight excluding hydrogens is 1220 g/mol. The van der Waals surface area contributed by atoms with Crippen molar-refractivity contribution in [1.29, 1.82) is 0 Å². The third-order valence-corrected chi connectivity index (χ3v) is 25.6. The van der Waals surface area contributed by atoms with Gasteiger partial charge in [-0.25, -0.2) is 0 Å². The topological polar surface area (TPSA) is 62.8 Å². The molecule has 0 aromatic heterocycles. The Morgan fingerprint density at radius 1 is 0.384 bits per heavy atom. The fourth-order valence-electron chi connectivity index (χ4n) is 17.1. The first-order chi connectivity index (χ1) is 45.8. The summed E-state index contributed by atoms with van der Waals surface area (Å²) in [6.07, 6.45) is 40.0. The van der Waals surface area contributed by atoms with Gasteiger partial charge < -0.3 is 53.2 Å². The largest absolute Gasteiger partial charge is 0.381 e. The molecule has 0 aliphatic heterocycles. The normalized spacial score (nSPS) is 30.5. The average molecular weight is 1410 g/mol. The summed E-state index contributed by atoms with van der Waals surface area (Å²) in [5.41, 5.74) is 1.56. The van der Waals surface area contributed by atoms with Gasteiger partial charge in [-0.1, -0.05) is 40.0 Å². The molecule has 12 heteroatoms. The van der Waals surface area contributed by atoms with Gasteiger partial charge in [0.25, 0.3) is 0 Å². The second kappa shape index (κ2) is 49.5. The third-order valence-electron chi connectivity index (χ3n) is 25.6. The molecular formula is C87H184N8O4. The van der Waals surface area contributed by atoms with Gasteiger partial charge in [-0.15, -0.1) is 0 Å². The highest BCUT2D eigenvalue weighted by molar-refractivity contribution is 5.03. The van der Waals surface area contributed by atoms with E-state index >= 15 is 0 Å². The number of fused-ring (bicyclic) bond motifs is 6. The first kappa shape index (κ1) is 98.5. The van der Waals surface area contributed by atoms with E-state index in [1.807, 2.05) is 54.5 Å². The molecule has 0 aromatic carbocycles. The zero-order chi connectivity index (χ0) is 76.4.